The Morgan fingerprint density at radius 2 is 2.05 bits per heavy atom. The second-order valence-electron chi connectivity index (χ2n) is 5.02. The Bertz CT molecular complexity index is 454. The molecule has 0 saturated carbocycles. The summed E-state index contributed by atoms with van der Waals surface area (Å²) in [7, 11) is 3.29. The number of rotatable bonds is 4. The zero-order chi connectivity index (χ0) is 14.5. The molecule has 1 atom stereocenters. The van der Waals surface area contributed by atoms with Gasteiger partial charge in [0.1, 0.15) is 11.5 Å². The van der Waals surface area contributed by atoms with E-state index in [-0.39, 0.29) is 0 Å². The number of halogens is 1. The number of hydrogen-bond acceptors (Lipinski definition) is 4. The summed E-state index contributed by atoms with van der Waals surface area (Å²) in [5, 5.41) is 4.18. The zero-order valence-corrected chi connectivity index (χ0v) is 13.2. The van der Waals surface area contributed by atoms with Gasteiger partial charge in [-0.25, -0.2) is 0 Å². The standard InChI is InChI=1S/C15H23ClN2O2/c1-4-11-10-18(7-5-6-17-11)13-8-12(16)14(19-2)9-15(13)20-3/h8-9,11,17H,4-7,10H2,1-3H3. The monoisotopic (exact) mass is 298 g/mol. The van der Waals surface area contributed by atoms with Gasteiger partial charge in [-0.1, -0.05) is 18.5 Å². The molecule has 0 radical (unpaired) electrons. The second-order valence-corrected chi connectivity index (χ2v) is 5.42. The van der Waals surface area contributed by atoms with Crippen LogP contribution in [-0.4, -0.2) is 39.9 Å². The van der Waals surface area contributed by atoms with Gasteiger partial charge in [-0.2, -0.15) is 0 Å². The molecule has 0 bridgehead atoms. The summed E-state index contributed by atoms with van der Waals surface area (Å²) in [6, 6.07) is 4.30. The van der Waals surface area contributed by atoms with Crippen molar-refractivity contribution < 1.29 is 9.47 Å². The Kier molecular flexibility index (Phi) is 5.38. The Hall–Kier alpha value is -1.13. The SMILES string of the molecule is CCC1CN(c2cc(Cl)c(OC)cc2OC)CCCN1. The van der Waals surface area contributed by atoms with Crippen LogP contribution in [0.3, 0.4) is 0 Å². The summed E-state index contributed by atoms with van der Waals surface area (Å²) in [5.74, 6) is 1.45. The fourth-order valence-electron chi connectivity index (χ4n) is 2.58. The van der Waals surface area contributed by atoms with Gasteiger partial charge in [-0.05, 0) is 25.5 Å². The van der Waals surface area contributed by atoms with Gasteiger partial charge in [-0.15, -0.1) is 0 Å². The van der Waals surface area contributed by atoms with E-state index in [4.69, 9.17) is 21.1 Å². The Morgan fingerprint density at radius 1 is 1.30 bits per heavy atom. The highest BCUT2D eigenvalue weighted by molar-refractivity contribution is 6.32. The molecule has 1 fully saturated rings. The van der Waals surface area contributed by atoms with Gasteiger partial charge in [-0.3, -0.25) is 0 Å². The van der Waals surface area contributed by atoms with Crippen LogP contribution in [0.15, 0.2) is 12.1 Å². The first-order valence-electron chi connectivity index (χ1n) is 7.09. The molecule has 112 valence electrons. The highest BCUT2D eigenvalue weighted by Crippen LogP contribution is 2.38. The van der Waals surface area contributed by atoms with Crippen molar-refractivity contribution in [3.05, 3.63) is 17.2 Å². The van der Waals surface area contributed by atoms with Crippen molar-refractivity contribution in [1.82, 2.24) is 5.32 Å². The van der Waals surface area contributed by atoms with E-state index in [1.165, 1.54) is 0 Å². The molecular weight excluding hydrogens is 276 g/mol. The number of nitrogens with one attached hydrogen (secondary N) is 1. The third-order valence-electron chi connectivity index (χ3n) is 3.77. The molecule has 5 heteroatoms. The number of ether oxygens (including phenoxy) is 2. The van der Waals surface area contributed by atoms with Gasteiger partial charge in [0.2, 0.25) is 0 Å². The lowest BCUT2D eigenvalue weighted by molar-refractivity contribution is 0.394. The van der Waals surface area contributed by atoms with E-state index >= 15 is 0 Å². The molecule has 1 aromatic rings. The lowest BCUT2D eigenvalue weighted by Gasteiger charge is -2.28. The highest BCUT2D eigenvalue weighted by atomic mass is 35.5. The number of hydrogen-bond donors (Lipinski definition) is 1. The maximum absolute atomic E-state index is 6.27. The molecule has 1 unspecified atom stereocenters. The molecule has 1 N–H and O–H groups in total. The molecule has 1 aromatic carbocycles. The van der Waals surface area contributed by atoms with Crippen molar-refractivity contribution in [1.29, 1.82) is 0 Å². The normalized spacial score (nSPS) is 19.6. The smallest absolute Gasteiger partial charge is 0.145 e. The largest absolute Gasteiger partial charge is 0.495 e. The van der Waals surface area contributed by atoms with Crippen LogP contribution in [0.25, 0.3) is 0 Å². The molecule has 1 aliphatic rings. The molecule has 4 nitrogen and oxygen atoms in total. The molecule has 0 aliphatic carbocycles. The molecule has 1 aliphatic heterocycles. The van der Waals surface area contributed by atoms with E-state index in [2.05, 4.69) is 17.1 Å². The fourth-order valence-corrected chi connectivity index (χ4v) is 2.82. The van der Waals surface area contributed by atoms with Crippen molar-refractivity contribution in [2.45, 2.75) is 25.8 Å². The Morgan fingerprint density at radius 3 is 2.70 bits per heavy atom. The molecule has 0 amide bonds. The van der Waals surface area contributed by atoms with E-state index in [0.29, 0.717) is 16.8 Å². The van der Waals surface area contributed by atoms with E-state index < -0.39 is 0 Å². The van der Waals surface area contributed by atoms with Gasteiger partial charge in [0.15, 0.2) is 0 Å². The van der Waals surface area contributed by atoms with Crippen LogP contribution in [0.2, 0.25) is 5.02 Å². The van der Waals surface area contributed by atoms with Crippen LogP contribution in [0.1, 0.15) is 19.8 Å². The maximum atomic E-state index is 6.27. The van der Waals surface area contributed by atoms with Gasteiger partial charge in [0, 0.05) is 25.2 Å². The number of nitrogens with zero attached hydrogens (tertiary/aromatic N) is 1. The minimum Gasteiger partial charge on any atom is -0.495 e. The maximum Gasteiger partial charge on any atom is 0.145 e. The van der Waals surface area contributed by atoms with Crippen LogP contribution in [0.4, 0.5) is 5.69 Å². The lowest BCUT2D eigenvalue weighted by Crippen LogP contribution is -2.37. The first-order valence-corrected chi connectivity index (χ1v) is 7.47. The van der Waals surface area contributed by atoms with Crippen LogP contribution in [0, 0.1) is 0 Å². The second kappa shape index (κ2) is 7.04. The Labute approximate surface area is 126 Å². The molecule has 0 aromatic heterocycles. The summed E-state index contributed by atoms with van der Waals surface area (Å²) in [4.78, 5) is 2.35. The van der Waals surface area contributed by atoms with Gasteiger partial charge >= 0.3 is 0 Å². The van der Waals surface area contributed by atoms with Gasteiger partial charge < -0.3 is 19.7 Å². The summed E-state index contributed by atoms with van der Waals surface area (Å²) >= 11 is 6.27. The van der Waals surface area contributed by atoms with Crippen LogP contribution < -0.4 is 19.7 Å². The quantitative estimate of drug-likeness (QED) is 0.927. The number of anilines is 1. The molecule has 0 spiro atoms. The molecule has 20 heavy (non-hydrogen) atoms. The fraction of sp³-hybridized carbons (Fsp3) is 0.600. The summed E-state index contributed by atoms with van der Waals surface area (Å²) in [6.45, 7) is 5.23. The van der Waals surface area contributed by atoms with Crippen molar-refractivity contribution in [3.63, 3.8) is 0 Å². The van der Waals surface area contributed by atoms with Crippen molar-refractivity contribution in [3.8, 4) is 11.5 Å². The minimum atomic E-state index is 0.503. The predicted octanol–water partition coefficient (Wildman–Crippen LogP) is 2.94. The van der Waals surface area contributed by atoms with Crippen LogP contribution in [-0.2, 0) is 0 Å². The van der Waals surface area contributed by atoms with Crippen molar-refractivity contribution >= 4 is 17.3 Å². The van der Waals surface area contributed by atoms with E-state index in [0.717, 1.165) is 43.9 Å². The number of methoxy groups -OCH3 is 2. The average molecular weight is 299 g/mol. The highest BCUT2D eigenvalue weighted by Gasteiger charge is 2.20. The molecule has 1 heterocycles. The summed E-state index contributed by atoms with van der Waals surface area (Å²) < 4.78 is 10.8. The van der Waals surface area contributed by atoms with Crippen molar-refractivity contribution in [2.24, 2.45) is 0 Å². The average Bonchev–Trinajstić information content (AvgIpc) is 2.72. The molecular formula is C15H23ClN2O2. The third-order valence-corrected chi connectivity index (χ3v) is 4.06. The third kappa shape index (κ3) is 3.30. The summed E-state index contributed by atoms with van der Waals surface area (Å²) in [5.41, 5.74) is 1.04. The van der Waals surface area contributed by atoms with Crippen LogP contribution >= 0.6 is 11.6 Å². The molecule has 2 rings (SSSR count). The predicted molar refractivity (Wildman–Crippen MR) is 83.5 cm³/mol. The topological polar surface area (TPSA) is 33.7 Å². The first-order chi connectivity index (χ1) is 9.69. The van der Waals surface area contributed by atoms with E-state index in [9.17, 15) is 0 Å². The van der Waals surface area contributed by atoms with Gasteiger partial charge in [0.25, 0.3) is 0 Å². The van der Waals surface area contributed by atoms with E-state index in [1.807, 2.05) is 12.1 Å². The van der Waals surface area contributed by atoms with Crippen molar-refractivity contribution in [2.75, 3.05) is 38.8 Å². The zero-order valence-electron chi connectivity index (χ0n) is 12.4. The van der Waals surface area contributed by atoms with Crippen LogP contribution in [0.5, 0.6) is 11.5 Å². The van der Waals surface area contributed by atoms with Gasteiger partial charge in [0.05, 0.1) is 24.9 Å². The minimum absolute atomic E-state index is 0.503. The Balaban J connectivity index is 2.32. The molecule has 1 saturated heterocycles. The number of benzene rings is 1. The lowest BCUT2D eigenvalue weighted by atomic mass is 10.2. The van der Waals surface area contributed by atoms with E-state index in [1.54, 1.807) is 14.2 Å². The summed E-state index contributed by atoms with van der Waals surface area (Å²) in [6.07, 6.45) is 2.23. The first kappa shape index (κ1) is 15.3.